The number of rotatable bonds is 17. The van der Waals surface area contributed by atoms with E-state index in [2.05, 4.69) is 20.9 Å². The van der Waals surface area contributed by atoms with Crippen LogP contribution >= 0.6 is 0 Å². The van der Waals surface area contributed by atoms with Crippen molar-refractivity contribution in [3.63, 3.8) is 0 Å². The second kappa shape index (κ2) is 18.7. The van der Waals surface area contributed by atoms with Gasteiger partial charge in [0, 0.05) is 31.8 Å². The molecule has 0 bridgehead atoms. The third-order valence-electron chi connectivity index (χ3n) is 3.70. The maximum absolute atomic E-state index is 11.6. The molecule has 0 spiro atoms. The molecule has 156 valence electrons. The van der Waals surface area contributed by atoms with Crippen molar-refractivity contribution < 1.29 is 9.59 Å². The summed E-state index contributed by atoms with van der Waals surface area (Å²) in [6.45, 7) is 4.37. The molecule has 0 fully saturated rings. The molecule has 0 aromatic rings. The monoisotopic (exact) mass is 383 g/mol. The minimum Gasteiger partial charge on any atom is -0.370 e. The van der Waals surface area contributed by atoms with Crippen molar-refractivity contribution in [3.8, 4) is 0 Å². The van der Waals surface area contributed by atoms with E-state index in [1.165, 1.54) is 12.2 Å². The van der Waals surface area contributed by atoms with Crippen molar-refractivity contribution in [1.82, 2.24) is 16.0 Å². The molecule has 0 atom stereocenters. The number of hydrogen-bond donors (Lipinski definition) is 6. The Morgan fingerprint density at radius 1 is 0.741 bits per heavy atom. The van der Waals surface area contributed by atoms with Gasteiger partial charge in [0.2, 0.25) is 11.8 Å². The largest absolute Gasteiger partial charge is 0.370 e. The number of nitrogens with two attached hydrogens (primary N) is 3. The van der Waals surface area contributed by atoms with Crippen LogP contribution in [-0.2, 0) is 9.59 Å². The van der Waals surface area contributed by atoms with Crippen molar-refractivity contribution in [1.29, 1.82) is 0 Å². The molecule has 9 heteroatoms. The molecule has 0 aliphatic heterocycles. The van der Waals surface area contributed by atoms with Crippen LogP contribution in [0.25, 0.3) is 0 Å². The molecule has 0 saturated carbocycles. The van der Waals surface area contributed by atoms with E-state index in [9.17, 15) is 9.59 Å². The van der Waals surface area contributed by atoms with Crippen LogP contribution in [0.5, 0.6) is 0 Å². The van der Waals surface area contributed by atoms with Crippen molar-refractivity contribution in [2.24, 2.45) is 22.2 Å². The smallest absolute Gasteiger partial charge is 0.244 e. The predicted octanol–water partition coefficient (Wildman–Crippen LogP) is -0.673. The average Bonchev–Trinajstić information content (AvgIpc) is 2.64. The summed E-state index contributed by atoms with van der Waals surface area (Å²) in [5, 5.41) is 8.80. The van der Waals surface area contributed by atoms with Gasteiger partial charge in [-0.3, -0.25) is 14.6 Å². The van der Waals surface area contributed by atoms with Gasteiger partial charge in [-0.15, -0.1) is 0 Å². The van der Waals surface area contributed by atoms with Crippen LogP contribution in [0.4, 0.5) is 0 Å². The van der Waals surface area contributed by atoms with E-state index in [1.54, 1.807) is 0 Å². The SMILES string of the molecule is NCCCNCCCCNC(=O)/C=C\C(=O)NCCCCCCN=C(N)N. The first-order valence-corrected chi connectivity index (χ1v) is 9.76. The molecule has 0 unspecified atom stereocenters. The zero-order valence-corrected chi connectivity index (χ0v) is 16.3. The molecular weight excluding hydrogens is 346 g/mol. The summed E-state index contributed by atoms with van der Waals surface area (Å²) in [6, 6.07) is 0. The van der Waals surface area contributed by atoms with Gasteiger partial charge in [0.1, 0.15) is 0 Å². The van der Waals surface area contributed by atoms with Gasteiger partial charge >= 0.3 is 0 Å². The quantitative estimate of drug-likeness (QED) is 0.0845. The van der Waals surface area contributed by atoms with Crippen LogP contribution in [0.1, 0.15) is 44.9 Å². The summed E-state index contributed by atoms with van der Waals surface area (Å²) in [4.78, 5) is 27.1. The molecule has 0 aromatic carbocycles. The summed E-state index contributed by atoms with van der Waals surface area (Å²) < 4.78 is 0. The Hall–Kier alpha value is -2.13. The molecule has 2 amide bonds. The Kier molecular flexibility index (Phi) is 17.2. The number of amides is 2. The third kappa shape index (κ3) is 20.0. The molecular formula is C18H37N7O2. The van der Waals surface area contributed by atoms with E-state index in [-0.39, 0.29) is 17.8 Å². The number of nitrogens with zero attached hydrogens (tertiary/aromatic N) is 1. The van der Waals surface area contributed by atoms with Gasteiger partial charge in [-0.05, 0) is 51.7 Å². The fourth-order valence-electron chi connectivity index (χ4n) is 2.22. The molecule has 0 aliphatic carbocycles. The Labute approximate surface area is 162 Å². The van der Waals surface area contributed by atoms with E-state index >= 15 is 0 Å². The standard InChI is InChI=1S/C18H37N7O2/c19-10-7-12-22-11-5-6-14-24-17(27)9-8-16(26)23-13-3-1-2-4-15-25-18(20)21/h8-9,22H,1-7,10-15,19H2,(H,23,26)(H,24,27)(H4,20,21,25)/b9-8-. The van der Waals surface area contributed by atoms with Gasteiger partial charge in [-0.25, -0.2) is 0 Å². The molecule has 0 rings (SSSR count). The fraction of sp³-hybridized carbons (Fsp3) is 0.722. The molecule has 9 nitrogen and oxygen atoms in total. The van der Waals surface area contributed by atoms with Crippen molar-refractivity contribution in [2.45, 2.75) is 44.9 Å². The minimum atomic E-state index is -0.255. The summed E-state index contributed by atoms with van der Waals surface area (Å²) in [6.07, 6.45) is 9.20. The van der Waals surface area contributed by atoms with Gasteiger partial charge in [-0.1, -0.05) is 12.8 Å². The first kappa shape index (κ1) is 24.9. The van der Waals surface area contributed by atoms with E-state index in [1.807, 2.05) is 0 Å². The molecule has 0 aliphatic rings. The van der Waals surface area contributed by atoms with Crippen LogP contribution in [0, 0.1) is 0 Å². The first-order valence-electron chi connectivity index (χ1n) is 9.76. The highest BCUT2D eigenvalue weighted by Gasteiger charge is 1.99. The van der Waals surface area contributed by atoms with Crippen molar-refractivity contribution in [2.75, 3.05) is 39.3 Å². The second-order valence-corrected chi connectivity index (χ2v) is 6.24. The van der Waals surface area contributed by atoms with Gasteiger partial charge in [0.25, 0.3) is 0 Å². The average molecular weight is 384 g/mol. The second-order valence-electron chi connectivity index (χ2n) is 6.24. The number of carbonyl (C=O) groups is 2. The molecule has 0 aromatic heterocycles. The van der Waals surface area contributed by atoms with E-state index < -0.39 is 0 Å². The van der Waals surface area contributed by atoms with Gasteiger partial charge < -0.3 is 33.2 Å². The maximum Gasteiger partial charge on any atom is 0.244 e. The van der Waals surface area contributed by atoms with Crippen LogP contribution in [0.2, 0.25) is 0 Å². The summed E-state index contributed by atoms with van der Waals surface area (Å²) >= 11 is 0. The number of nitrogens with one attached hydrogen (secondary N) is 3. The van der Waals surface area contributed by atoms with Crippen LogP contribution in [-0.4, -0.2) is 57.0 Å². The van der Waals surface area contributed by atoms with E-state index in [0.717, 1.165) is 58.0 Å². The van der Waals surface area contributed by atoms with Crippen LogP contribution < -0.4 is 33.2 Å². The third-order valence-corrected chi connectivity index (χ3v) is 3.70. The predicted molar refractivity (Wildman–Crippen MR) is 110 cm³/mol. The van der Waals surface area contributed by atoms with Crippen LogP contribution in [0.3, 0.4) is 0 Å². The van der Waals surface area contributed by atoms with Crippen molar-refractivity contribution in [3.05, 3.63) is 12.2 Å². The Morgan fingerprint density at radius 2 is 1.26 bits per heavy atom. The topological polar surface area (TPSA) is 161 Å². The number of carbonyl (C=O) groups excluding carboxylic acids is 2. The zero-order chi connectivity index (χ0) is 20.2. The summed E-state index contributed by atoms with van der Waals surface area (Å²) in [5.41, 5.74) is 15.9. The Morgan fingerprint density at radius 3 is 1.85 bits per heavy atom. The Bertz CT molecular complexity index is 449. The fourth-order valence-corrected chi connectivity index (χ4v) is 2.22. The normalized spacial score (nSPS) is 10.7. The lowest BCUT2D eigenvalue weighted by Gasteiger charge is -2.04. The highest BCUT2D eigenvalue weighted by Crippen LogP contribution is 1.99. The highest BCUT2D eigenvalue weighted by molar-refractivity contribution is 5.96. The molecule has 0 saturated heterocycles. The lowest BCUT2D eigenvalue weighted by molar-refractivity contribution is -0.118. The highest BCUT2D eigenvalue weighted by atomic mass is 16.2. The zero-order valence-electron chi connectivity index (χ0n) is 16.3. The number of aliphatic imine (C=N–C) groups is 1. The molecule has 9 N–H and O–H groups in total. The van der Waals surface area contributed by atoms with Crippen LogP contribution in [0.15, 0.2) is 17.1 Å². The minimum absolute atomic E-state index is 0.119. The van der Waals surface area contributed by atoms with Gasteiger partial charge in [-0.2, -0.15) is 0 Å². The van der Waals surface area contributed by atoms with Gasteiger partial charge in [0.15, 0.2) is 5.96 Å². The lowest BCUT2D eigenvalue weighted by atomic mass is 10.2. The van der Waals surface area contributed by atoms with Crippen molar-refractivity contribution >= 4 is 17.8 Å². The molecule has 0 radical (unpaired) electrons. The van der Waals surface area contributed by atoms with E-state index in [4.69, 9.17) is 17.2 Å². The molecule has 0 heterocycles. The summed E-state index contributed by atoms with van der Waals surface area (Å²) in [5.74, 6) is -0.385. The summed E-state index contributed by atoms with van der Waals surface area (Å²) in [7, 11) is 0. The first-order chi connectivity index (χ1) is 13.1. The molecule has 27 heavy (non-hydrogen) atoms. The lowest BCUT2D eigenvalue weighted by Crippen LogP contribution is -2.26. The Balaban J connectivity index is 3.50. The number of unbranched alkanes of at least 4 members (excludes halogenated alkanes) is 4. The van der Waals surface area contributed by atoms with Gasteiger partial charge in [0.05, 0.1) is 0 Å². The number of guanidine groups is 1. The van der Waals surface area contributed by atoms with E-state index in [0.29, 0.717) is 26.2 Å². The maximum atomic E-state index is 11.6. The number of hydrogen-bond acceptors (Lipinski definition) is 5.